The molecule has 0 saturated carbocycles. The van der Waals surface area contributed by atoms with Crippen molar-refractivity contribution in [3.8, 4) is 6.07 Å². The van der Waals surface area contributed by atoms with Gasteiger partial charge in [-0.1, -0.05) is 11.6 Å². The van der Waals surface area contributed by atoms with Crippen LogP contribution in [0.15, 0.2) is 18.5 Å². The molecule has 0 unspecified atom stereocenters. The maximum atomic E-state index is 12.4. The van der Waals surface area contributed by atoms with E-state index in [-0.39, 0.29) is 5.91 Å². The van der Waals surface area contributed by atoms with Crippen LogP contribution in [0.25, 0.3) is 0 Å². The van der Waals surface area contributed by atoms with Gasteiger partial charge in [-0.15, -0.1) is 0 Å². The molecular weight excluding hydrogens is 276 g/mol. The lowest BCUT2D eigenvalue weighted by Crippen LogP contribution is -2.55. The van der Waals surface area contributed by atoms with Crippen LogP contribution >= 0.6 is 11.6 Å². The second kappa shape index (κ2) is 5.78. The molecule has 1 aromatic heterocycles. The highest BCUT2D eigenvalue weighted by molar-refractivity contribution is 6.33. The molecule has 0 N–H and O–H groups in total. The van der Waals surface area contributed by atoms with Crippen LogP contribution in [-0.2, 0) is 0 Å². The first-order chi connectivity index (χ1) is 9.45. The summed E-state index contributed by atoms with van der Waals surface area (Å²) in [5.41, 5.74) is -0.0664. The predicted molar refractivity (Wildman–Crippen MR) is 76.4 cm³/mol. The van der Waals surface area contributed by atoms with Crippen molar-refractivity contribution in [2.45, 2.75) is 19.4 Å². The Bertz CT molecular complexity index is 544. The summed E-state index contributed by atoms with van der Waals surface area (Å²) >= 11 is 6.02. The van der Waals surface area contributed by atoms with Crippen molar-refractivity contribution in [2.75, 3.05) is 26.2 Å². The lowest BCUT2D eigenvalue weighted by Gasteiger charge is -2.40. The molecule has 1 aromatic rings. The second-order valence-electron chi connectivity index (χ2n) is 5.31. The van der Waals surface area contributed by atoms with E-state index in [0.717, 1.165) is 0 Å². The zero-order chi connectivity index (χ0) is 14.8. The third-order valence-corrected chi connectivity index (χ3v) is 3.96. The molecule has 20 heavy (non-hydrogen) atoms. The smallest absolute Gasteiger partial charge is 0.257 e. The van der Waals surface area contributed by atoms with E-state index in [0.29, 0.717) is 36.8 Å². The normalized spacial score (nSPS) is 16.8. The topological polar surface area (TPSA) is 60.2 Å². The number of carbonyl (C=O) groups is 1. The molecule has 1 fully saturated rings. The van der Waals surface area contributed by atoms with E-state index in [4.69, 9.17) is 16.9 Å². The van der Waals surface area contributed by atoms with Crippen LogP contribution in [0.2, 0.25) is 5.02 Å². The Hall–Kier alpha value is -1.64. The molecule has 0 aromatic carbocycles. The second-order valence-corrected chi connectivity index (χ2v) is 5.71. The molecule has 106 valence electrons. The first-order valence-corrected chi connectivity index (χ1v) is 6.88. The number of aromatic nitrogens is 1. The molecule has 0 aliphatic carbocycles. The van der Waals surface area contributed by atoms with Gasteiger partial charge >= 0.3 is 0 Å². The summed E-state index contributed by atoms with van der Waals surface area (Å²) in [4.78, 5) is 20.1. The van der Waals surface area contributed by atoms with Crippen LogP contribution in [0.4, 0.5) is 0 Å². The molecule has 0 atom stereocenters. The van der Waals surface area contributed by atoms with Gasteiger partial charge in [0.1, 0.15) is 5.54 Å². The van der Waals surface area contributed by atoms with Crippen molar-refractivity contribution >= 4 is 17.5 Å². The standard InChI is InChI=1S/C14H17ClN4O/c1-14(2,10-16)19-7-5-18(6-8-19)13(20)11-9-17-4-3-12(11)15/h3-4,9H,5-8H2,1-2H3. The quantitative estimate of drug-likeness (QED) is 0.834. The SMILES string of the molecule is CC(C)(C#N)N1CCN(C(=O)c2cnccc2Cl)CC1. The highest BCUT2D eigenvalue weighted by Gasteiger charge is 2.31. The van der Waals surface area contributed by atoms with Gasteiger partial charge in [-0.2, -0.15) is 5.26 Å². The Morgan fingerprint density at radius 1 is 1.40 bits per heavy atom. The van der Waals surface area contributed by atoms with Crippen molar-refractivity contribution in [1.29, 1.82) is 5.26 Å². The third-order valence-electron chi connectivity index (χ3n) is 3.63. The third kappa shape index (κ3) is 2.92. The molecule has 0 radical (unpaired) electrons. The minimum absolute atomic E-state index is 0.0995. The van der Waals surface area contributed by atoms with E-state index in [1.807, 2.05) is 13.8 Å². The number of hydrogen-bond donors (Lipinski definition) is 0. The number of hydrogen-bond acceptors (Lipinski definition) is 4. The lowest BCUT2D eigenvalue weighted by molar-refractivity contribution is 0.0520. The van der Waals surface area contributed by atoms with Crippen molar-refractivity contribution in [2.24, 2.45) is 0 Å². The molecule has 1 saturated heterocycles. The van der Waals surface area contributed by atoms with E-state index in [1.54, 1.807) is 17.2 Å². The number of nitriles is 1. The molecule has 1 aliphatic heterocycles. The summed E-state index contributed by atoms with van der Waals surface area (Å²) in [7, 11) is 0. The van der Waals surface area contributed by atoms with Crippen LogP contribution in [0.1, 0.15) is 24.2 Å². The van der Waals surface area contributed by atoms with Gasteiger partial charge in [0.25, 0.3) is 5.91 Å². The summed E-state index contributed by atoms with van der Waals surface area (Å²) in [6.07, 6.45) is 3.06. The van der Waals surface area contributed by atoms with Gasteiger partial charge in [-0.05, 0) is 19.9 Å². The Balaban J connectivity index is 2.03. The number of piperazine rings is 1. The van der Waals surface area contributed by atoms with Gasteiger partial charge in [0, 0.05) is 38.6 Å². The van der Waals surface area contributed by atoms with Crippen LogP contribution < -0.4 is 0 Å². The van der Waals surface area contributed by atoms with Gasteiger partial charge in [0.2, 0.25) is 0 Å². The van der Waals surface area contributed by atoms with Crippen LogP contribution in [0, 0.1) is 11.3 Å². The Morgan fingerprint density at radius 3 is 2.60 bits per heavy atom. The average Bonchev–Trinajstić information content (AvgIpc) is 2.47. The molecule has 1 aliphatic rings. The largest absolute Gasteiger partial charge is 0.336 e. The fourth-order valence-corrected chi connectivity index (χ4v) is 2.43. The van der Waals surface area contributed by atoms with E-state index in [1.165, 1.54) is 6.20 Å². The zero-order valence-electron chi connectivity index (χ0n) is 11.6. The van der Waals surface area contributed by atoms with Crippen LogP contribution in [0.3, 0.4) is 0 Å². The minimum Gasteiger partial charge on any atom is -0.336 e. The molecule has 2 heterocycles. The van der Waals surface area contributed by atoms with E-state index >= 15 is 0 Å². The van der Waals surface area contributed by atoms with Crippen molar-refractivity contribution < 1.29 is 4.79 Å². The molecule has 0 spiro atoms. The summed E-state index contributed by atoms with van der Waals surface area (Å²) < 4.78 is 0. The van der Waals surface area contributed by atoms with Gasteiger partial charge in [0.15, 0.2) is 0 Å². The van der Waals surface area contributed by atoms with Gasteiger partial charge in [-0.3, -0.25) is 14.7 Å². The number of halogens is 1. The predicted octanol–water partition coefficient (Wildman–Crippen LogP) is 1.79. The minimum atomic E-state index is -0.499. The Kier molecular flexibility index (Phi) is 4.26. The number of rotatable bonds is 2. The molecule has 1 amide bonds. The first kappa shape index (κ1) is 14.8. The summed E-state index contributed by atoms with van der Waals surface area (Å²) in [6, 6.07) is 3.90. The fraction of sp³-hybridized carbons (Fsp3) is 0.500. The molecule has 2 rings (SSSR count). The maximum absolute atomic E-state index is 12.4. The highest BCUT2D eigenvalue weighted by Crippen LogP contribution is 2.19. The fourth-order valence-electron chi connectivity index (χ4n) is 2.24. The lowest BCUT2D eigenvalue weighted by atomic mass is 10.0. The molecule has 5 nitrogen and oxygen atoms in total. The summed E-state index contributed by atoms with van der Waals surface area (Å²) in [5.74, 6) is -0.0995. The number of nitrogens with zero attached hydrogens (tertiary/aromatic N) is 4. The van der Waals surface area contributed by atoms with E-state index in [2.05, 4.69) is 16.0 Å². The Labute approximate surface area is 123 Å². The zero-order valence-corrected chi connectivity index (χ0v) is 12.4. The number of pyridine rings is 1. The first-order valence-electron chi connectivity index (χ1n) is 6.51. The van der Waals surface area contributed by atoms with E-state index < -0.39 is 5.54 Å². The Morgan fingerprint density at radius 2 is 2.05 bits per heavy atom. The van der Waals surface area contributed by atoms with Gasteiger partial charge in [-0.25, -0.2) is 0 Å². The van der Waals surface area contributed by atoms with E-state index in [9.17, 15) is 4.79 Å². The summed E-state index contributed by atoms with van der Waals surface area (Å²) in [6.45, 7) is 6.34. The maximum Gasteiger partial charge on any atom is 0.257 e. The van der Waals surface area contributed by atoms with Crippen molar-refractivity contribution in [1.82, 2.24) is 14.8 Å². The van der Waals surface area contributed by atoms with Gasteiger partial charge < -0.3 is 4.90 Å². The van der Waals surface area contributed by atoms with Crippen molar-refractivity contribution in [3.63, 3.8) is 0 Å². The highest BCUT2D eigenvalue weighted by atomic mass is 35.5. The monoisotopic (exact) mass is 292 g/mol. The average molecular weight is 293 g/mol. The van der Waals surface area contributed by atoms with Crippen LogP contribution in [-0.4, -0.2) is 52.4 Å². The van der Waals surface area contributed by atoms with Gasteiger partial charge in [0.05, 0.1) is 16.7 Å². The number of amides is 1. The summed E-state index contributed by atoms with van der Waals surface area (Å²) in [5, 5.41) is 9.56. The van der Waals surface area contributed by atoms with Crippen LogP contribution in [0.5, 0.6) is 0 Å². The molecule has 6 heteroatoms. The molecular formula is C14H17ClN4O. The molecule has 0 bridgehead atoms. The van der Waals surface area contributed by atoms with Crippen molar-refractivity contribution in [3.05, 3.63) is 29.0 Å². The number of carbonyl (C=O) groups excluding carboxylic acids is 1.